The Morgan fingerprint density at radius 1 is 1.06 bits per heavy atom. The third kappa shape index (κ3) is 4.80. The third-order valence-corrected chi connectivity index (χ3v) is 7.82. The van der Waals surface area contributed by atoms with Crippen LogP contribution in [0.5, 0.6) is 5.88 Å². The van der Waals surface area contributed by atoms with Crippen LogP contribution in [0.1, 0.15) is 68.4 Å². The number of pyridine rings is 1. The number of hydrogen-bond acceptors (Lipinski definition) is 6. The Labute approximate surface area is 191 Å². The first-order valence-corrected chi connectivity index (χ1v) is 12.5. The number of fused-ring (bicyclic) bond motifs is 5. The lowest BCUT2D eigenvalue weighted by atomic mass is 9.81. The zero-order valence-electron chi connectivity index (χ0n) is 19.3. The first kappa shape index (κ1) is 22.1. The molecule has 32 heavy (non-hydrogen) atoms. The van der Waals surface area contributed by atoms with Crippen molar-refractivity contribution in [3.8, 4) is 5.88 Å². The molecular weight excluding hydrogens is 406 g/mol. The number of ether oxygens (including phenoxy) is 3. The van der Waals surface area contributed by atoms with E-state index >= 15 is 0 Å². The van der Waals surface area contributed by atoms with Gasteiger partial charge in [0, 0.05) is 31.0 Å². The van der Waals surface area contributed by atoms with Crippen molar-refractivity contribution in [1.82, 2.24) is 15.2 Å². The zero-order chi connectivity index (χ0) is 21.9. The second-order valence-electron chi connectivity index (χ2n) is 9.86. The van der Waals surface area contributed by atoms with Gasteiger partial charge in [-0.1, -0.05) is 0 Å². The smallest absolute Gasteiger partial charge is 0.249 e. The Morgan fingerprint density at radius 2 is 1.94 bits per heavy atom. The molecule has 0 aromatic carbocycles. The van der Waals surface area contributed by atoms with Gasteiger partial charge >= 0.3 is 0 Å². The summed E-state index contributed by atoms with van der Waals surface area (Å²) < 4.78 is 18.4. The molecule has 1 aromatic heterocycles. The van der Waals surface area contributed by atoms with E-state index in [-0.39, 0.29) is 24.1 Å². The molecule has 4 aliphatic heterocycles. The van der Waals surface area contributed by atoms with Crippen LogP contribution in [0.25, 0.3) is 0 Å². The molecule has 1 amide bonds. The van der Waals surface area contributed by atoms with E-state index in [9.17, 15) is 4.79 Å². The number of nitrogens with one attached hydrogen (secondary N) is 1. The fraction of sp³-hybridized carbons (Fsp3) is 0.760. The van der Waals surface area contributed by atoms with Gasteiger partial charge in [-0.2, -0.15) is 0 Å². The van der Waals surface area contributed by atoms with E-state index in [1.807, 2.05) is 6.20 Å². The minimum atomic E-state index is -0.287. The number of amides is 1. The molecule has 1 saturated carbocycles. The van der Waals surface area contributed by atoms with E-state index in [4.69, 9.17) is 14.2 Å². The maximum absolute atomic E-state index is 12.8. The highest BCUT2D eigenvalue weighted by atomic mass is 16.5. The van der Waals surface area contributed by atoms with Gasteiger partial charge in [0.25, 0.3) is 0 Å². The summed E-state index contributed by atoms with van der Waals surface area (Å²) in [5.74, 6) is 1.35. The van der Waals surface area contributed by atoms with Crippen molar-refractivity contribution in [3.05, 3.63) is 23.4 Å². The number of rotatable bonds is 2. The molecule has 3 fully saturated rings. The SMILES string of the molecule is Cc1ccnc2c1C1CCC(CC1)OCC1[C@@H](NC(=O)C3CCCO3)CCCN1CCO2. The summed E-state index contributed by atoms with van der Waals surface area (Å²) in [5.41, 5.74) is 2.57. The van der Waals surface area contributed by atoms with Crippen LogP contribution in [-0.2, 0) is 14.3 Å². The molecule has 6 rings (SSSR count). The summed E-state index contributed by atoms with van der Waals surface area (Å²) >= 11 is 0. The monoisotopic (exact) mass is 443 g/mol. The van der Waals surface area contributed by atoms with Gasteiger partial charge in [0.1, 0.15) is 12.7 Å². The predicted molar refractivity (Wildman–Crippen MR) is 121 cm³/mol. The van der Waals surface area contributed by atoms with Crippen LogP contribution < -0.4 is 10.1 Å². The van der Waals surface area contributed by atoms with Crippen molar-refractivity contribution >= 4 is 5.91 Å². The Kier molecular flexibility index (Phi) is 6.95. The lowest BCUT2D eigenvalue weighted by molar-refractivity contribution is -0.132. The molecule has 1 N–H and O–H groups in total. The van der Waals surface area contributed by atoms with E-state index in [1.54, 1.807) is 0 Å². The lowest BCUT2D eigenvalue weighted by Gasteiger charge is -2.42. The van der Waals surface area contributed by atoms with Crippen LogP contribution in [0.4, 0.5) is 0 Å². The summed E-state index contributed by atoms with van der Waals surface area (Å²) in [6.07, 6.45) is 10.1. The standard InChI is InChI=1S/C25H37N3O4/c1-17-10-11-26-25-23(17)18-6-8-19(9-7-18)32-16-21-20(4-2-12-28(21)13-15-31-25)27-24(29)22-5-3-14-30-22/h10-11,18-22H,2-9,12-16H2,1H3,(H,27,29)/t18?,19?,20-,21?,22?/m0/s1. The molecule has 2 unspecified atom stereocenters. The van der Waals surface area contributed by atoms with Gasteiger partial charge in [-0.3, -0.25) is 9.69 Å². The zero-order valence-corrected chi connectivity index (χ0v) is 19.3. The van der Waals surface area contributed by atoms with Gasteiger partial charge in [-0.25, -0.2) is 4.98 Å². The van der Waals surface area contributed by atoms with Crippen molar-refractivity contribution in [1.29, 1.82) is 0 Å². The molecule has 176 valence electrons. The van der Waals surface area contributed by atoms with Gasteiger partial charge in [-0.15, -0.1) is 0 Å². The van der Waals surface area contributed by atoms with Crippen molar-refractivity contribution in [2.45, 2.75) is 88.5 Å². The minimum Gasteiger partial charge on any atom is -0.476 e. The number of nitrogens with zero attached hydrogens (tertiary/aromatic N) is 2. The van der Waals surface area contributed by atoms with Gasteiger partial charge in [-0.05, 0) is 82.4 Å². The van der Waals surface area contributed by atoms with E-state index in [1.165, 1.54) is 11.1 Å². The average Bonchev–Trinajstić information content (AvgIpc) is 3.34. The van der Waals surface area contributed by atoms with Crippen molar-refractivity contribution in [3.63, 3.8) is 0 Å². The number of aryl methyl sites for hydroxylation is 1. The van der Waals surface area contributed by atoms with Crippen LogP contribution in [0.15, 0.2) is 12.3 Å². The van der Waals surface area contributed by atoms with Crippen LogP contribution in [0.2, 0.25) is 0 Å². The first-order valence-electron chi connectivity index (χ1n) is 12.5. The summed E-state index contributed by atoms with van der Waals surface area (Å²) in [5, 5.41) is 3.31. The van der Waals surface area contributed by atoms with Gasteiger partial charge in [0.15, 0.2) is 0 Å². The number of carbonyl (C=O) groups is 1. The number of carbonyl (C=O) groups excluding carboxylic acids is 1. The fourth-order valence-corrected chi connectivity index (χ4v) is 6.02. The molecule has 3 atom stereocenters. The van der Waals surface area contributed by atoms with Crippen LogP contribution >= 0.6 is 0 Å². The number of hydrogen-bond donors (Lipinski definition) is 1. The van der Waals surface area contributed by atoms with Crippen LogP contribution in [0, 0.1) is 6.92 Å². The van der Waals surface area contributed by atoms with Crippen molar-refractivity contribution < 1.29 is 19.0 Å². The highest BCUT2D eigenvalue weighted by Gasteiger charge is 2.36. The molecule has 2 saturated heterocycles. The molecule has 2 bridgehead atoms. The molecule has 1 aliphatic carbocycles. The molecule has 1 aromatic rings. The number of aromatic nitrogens is 1. The van der Waals surface area contributed by atoms with E-state index in [2.05, 4.69) is 28.2 Å². The van der Waals surface area contributed by atoms with Gasteiger partial charge < -0.3 is 19.5 Å². The summed E-state index contributed by atoms with van der Waals surface area (Å²) in [6.45, 7) is 5.94. The Hall–Kier alpha value is -1.70. The molecule has 7 heteroatoms. The molecule has 7 nitrogen and oxygen atoms in total. The van der Waals surface area contributed by atoms with Gasteiger partial charge in [0.2, 0.25) is 11.8 Å². The fourth-order valence-electron chi connectivity index (χ4n) is 6.02. The predicted octanol–water partition coefficient (Wildman–Crippen LogP) is 2.95. The second-order valence-corrected chi connectivity index (χ2v) is 9.86. The normalized spacial score (nSPS) is 33.7. The Morgan fingerprint density at radius 3 is 2.75 bits per heavy atom. The highest BCUT2D eigenvalue weighted by Crippen LogP contribution is 2.39. The van der Waals surface area contributed by atoms with E-state index in [0.29, 0.717) is 31.8 Å². The maximum atomic E-state index is 12.8. The first-order chi connectivity index (χ1) is 15.7. The molecular formula is C25H37N3O4. The largest absolute Gasteiger partial charge is 0.476 e. The third-order valence-electron chi connectivity index (χ3n) is 7.82. The summed E-state index contributed by atoms with van der Waals surface area (Å²) in [7, 11) is 0. The highest BCUT2D eigenvalue weighted by molar-refractivity contribution is 5.81. The van der Waals surface area contributed by atoms with Crippen LogP contribution in [0.3, 0.4) is 0 Å². The topological polar surface area (TPSA) is 72.9 Å². The number of piperidine rings is 1. The molecule has 0 radical (unpaired) electrons. The van der Waals surface area contributed by atoms with E-state index < -0.39 is 0 Å². The average molecular weight is 444 g/mol. The van der Waals surface area contributed by atoms with Crippen molar-refractivity contribution in [2.24, 2.45) is 0 Å². The Balaban J connectivity index is 1.33. The second kappa shape index (κ2) is 10.1. The quantitative estimate of drug-likeness (QED) is 0.758. The molecule has 0 spiro atoms. The molecule has 5 heterocycles. The lowest BCUT2D eigenvalue weighted by Crippen LogP contribution is -2.59. The minimum absolute atomic E-state index is 0.0441. The Bertz CT molecular complexity index is 789. The van der Waals surface area contributed by atoms with Crippen molar-refractivity contribution in [2.75, 3.05) is 32.9 Å². The molecule has 5 aliphatic rings. The van der Waals surface area contributed by atoms with E-state index in [0.717, 1.165) is 70.3 Å². The van der Waals surface area contributed by atoms with Gasteiger partial charge in [0.05, 0.1) is 18.8 Å². The summed E-state index contributed by atoms with van der Waals surface area (Å²) in [6, 6.07) is 2.36. The summed E-state index contributed by atoms with van der Waals surface area (Å²) in [4.78, 5) is 19.8. The van der Waals surface area contributed by atoms with Crippen LogP contribution in [-0.4, -0.2) is 73.0 Å². The maximum Gasteiger partial charge on any atom is 0.249 e.